The van der Waals surface area contributed by atoms with Gasteiger partial charge in [0.05, 0.1) is 28.2 Å². The summed E-state index contributed by atoms with van der Waals surface area (Å²) >= 11 is 0. The molecule has 330 valence electrons. The average Bonchev–Trinajstić information content (AvgIpc) is 3.89. The lowest BCUT2D eigenvalue weighted by atomic mass is 9.88. The molecule has 0 fully saturated rings. The first-order chi connectivity index (χ1) is 33.0. The minimum atomic E-state index is -0.648. The summed E-state index contributed by atoms with van der Waals surface area (Å²) in [5.74, 6) is 1.13. The zero-order valence-corrected chi connectivity index (χ0v) is 38.5. The monoisotopic (exact) mass is 890 g/mol. The van der Waals surface area contributed by atoms with E-state index in [1.165, 1.54) is 23.3 Å². The van der Waals surface area contributed by atoms with Gasteiger partial charge in [-0.3, -0.25) is 4.57 Å². The van der Waals surface area contributed by atoms with Crippen LogP contribution in [0.15, 0.2) is 194 Å². The van der Waals surface area contributed by atoms with Crippen molar-refractivity contribution in [2.45, 2.75) is 46.0 Å². The summed E-state index contributed by atoms with van der Waals surface area (Å²) in [5.41, 5.74) is 12.7. The topological polar surface area (TPSA) is 33.1 Å². The smallest absolute Gasteiger partial charge is 0.457 e. The summed E-state index contributed by atoms with van der Waals surface area (Å²) in [7, 11) is 0. The highest BCUT2D eigenvalue weighted by Crippen LogP contribution is 2.46. The first-order valence-corrected chi connectivity index (χ1v) is 23.0. The van der Waals surface area contributed by atoms with E-state index in [0.29, 0.717) is 22.6 Å². The van der Waals surface area contributed by atoms with E-state index in [4.69, 9.17) is 9.72 Å². The van der Waals surface area contributed by atoms with Gasteiger partial charge in [0, 0.05) is 47.3 Å². The van der Waals surface area contributed by atoms with Gasteiger partial charge in [-0.25, -0.2) is 13.8 Å². The zero-order chi connectivity index (χ0) is 46.7. The average molecular weight is 891 g/mol. The number of benzene rings is 8. The summed E-state index contributed by atoms with van der Waals surface area (Å²) < 4.78 is 43.3. The minimum Gasteiger partial charge on any atom is -0.457 e. The molecule has 3 heterocycles. The van der Waals surface area contributed by atoms with Gasteiger partial charge in [-0.1, -0.05) is 126 Å². The van der Waals surface area contributed by atoms with Crippen LogP contribution in [-0.4, -0.2) is 15.6 Å². The molecule has 0 saturated heterocycles. The molecular weight excluding hydrogens is 843 g/mol. The Morgan fingerprint density at radius 2 is 1.19 bits per heavy atom. The number of halogens is 2. The van der Waals surface area contributed by atoms with Gasteiger partial charge < -0.3 is 4.74 Å². The molecular formula is C61H48F2N4O+2. The number of pyridine rings is 1. The molecule has 10 aromatic rings. The molecule has 1 aliphatic heterocycles. The van der Waals surface area contributed by atoms with Crippen molar-refractivity contribution in [1.82, 2.24) is 18.7 Å². The highest BCUT2D eigenvalue weighted by Gasteiger charge is 2.39. The van der Waals surface area contributed by atoms with E-state index in [-0.39, 0.29) is 11.3 Å². The summed E-state index contributed by atoms with van der Waals surface area (Å²) in [4.78, 5) is 4.90. The van der Waals surface area contributed by atoms with Crippen LogP contribution >= 0.6 is 0 Å². The molecule has 0 saturated carbocycles. The summed E-state index contributed by atoms with van der Waals surface area (Å²) in [6.45, 7) is 11.1. The molecule has 0 radical (unpaired) electrons. The largest absolute Gasteiger partial charge is 0.503 e. The van der Waals surface area contributed by atoms with Crippen molar-refractivity contribution in [2.75, 3.05) is 0 Å². The van der Waals surface area contributed by atoms with Crippen molar-refractivity contribution in [3.63, 3.8) is 0 Å². The van der Waals surface area contributed by atoms with Crippen LogP contribution in [0.5, 0.6) is 11.5 Å². The third-order valence-electron chi connectivity index (χ3n) is 12.8. The zero-order valence-electron chi connectivity index (χ0n) is 38.5. The molecule has 1 aliphatic rings. The third-order valence-corrected chi connectivity index (χ3v) is 12.8. The second-order valence-corrected chi connectivity index (χ2v) is 18.7. The van der Waals surface area contributed by atoms with Crippen LogP contribution in [0, 0.1) is 11.6 Å². The maximum Gasteiger partial charge on any atom is 0.503 e. The quantitative estimate of drug-likeness (QED) is 0.135. The summed E-state index contributed by atoms with van der Waals surface area (Å²) in [6.07, 6.45) is 1.90. The van der Waals surface area contributed by atoms with Gasteiger partial charge in [-0.05, 0) is 115 Å². The van der Waals surface area contributed by atoms with Crippen LogP contribution in [0.4, 0.5) is 31.5 Å². The van der Waals surface area contributed by atoms with Gasteiger partial charge in [0.15, 0.2) is 0 Å². The van der Waals surface area contributed by atoms with Crippen LogP contribution < -0.4 is 13.9 Å². The highest BCUT2D eigenvalue weighted by molar-refractivity contribution is 6.09. The number of ether oxygens (including phenoxy) is 1. The number of hydrogen-bond acceptors (Lipinski definition) is 2. The molecule has 2 aromatic heterocycles. The Labute approximate surface area is 394 Å². The molecule has 7 heteroatoms. The van der Waals surface area contributed by atoms with Crippen molar-refractivity contribution in [3.05, 3.63) is 217 Å². The fraction of sp³-hybridized carbons (Fsp3) is 0.115. The van der Waals surface area contributed by atoms with Crippen LogP contribution in [0.3, 0.4) is 0 Å². The second-order valence-electron chi connectivity index (χ2n) is 18.7. The van der Waals surface area contributed by atoms with Crippen molar-refractivity contribution < 1.29 is 13.5 Å². The molecule has 8 aromatic carbocycles. The van der Waals surface area contributed by atoms with Gasteiger partial charge in [0.25, 0.3) is 11.4 Å². The van der Waals surface area contributed by atoms with E-state index in [0.717, 1.165) is 78.7 Å². The number of fused-ring (bicyclic) bond motifs is 4. The Morgan fingerprint density at radius 3 is 1.96 bits per heavy atom. The van der Waals surface area contributed by atoms with Gasteiger partial charge >= 0.3 is 6.01 Å². The van der Waals surface area contributed by atoms with Gasteiger partial charge in [-0.2, -0.15) is 0 Å². The van der Waals surface area contributed by atoms with Crippen molar-refractivity contribution >= 4 is 50.6 Å². The Balaban J connectivity index is 1.13. The van der Waals surface area contributed by atoms with E-state index >= 15 is 8.78 Å². The van der Waals surface area contributed by atoms with Crippen molar-refractivity contribution in [2.24, 2.45) is 0 Å². The molecule has 11 rings (SSSR count). The predicted molar refractivity (Wildman–Crippen MR) is 275 cm³/mol. The molecule has 0 unspecified atom stereocenters. The first kappa shape index (κ1) is 42.4. The Kier molecular flexibility index (Phi) is 10.5. The van der Waals surface area contributed by atoms with Crippen LogP contribution in [0.25, 0.3) is 61.0 Å². The van der Waals surface area contributed by atoms with E-state index in [1.54, 1.807) is 0 Å². The van der Waals surface area contributed by atoms with Crippen LogP contribution in [-0.2, 0) is 5.41 Å². The molecule has 0 bridgehead atoms. The molecule has 0 atom stereocenters. The molecule has 5 nitrogen and oxygen atoms in total. The van der Waals surface area contributed by atoms with Crippen LogP contribution in [0.2, 0.25) is 0 Å². The van der Waals surface area contributed by atoms with E-state index < -0.39 is 11.6 Å². The molecule has 0 aliphatic carbocycles. The van der Waals surface area contributed by atoms with E-state index in [2.05, 4.69) is 153 Å². The lowest BCUT2D eigenvalue weighted by Gasteiger charge is -2.20. The SMILES string of the molecule is CC(C)c1ccccc1-c1cc(Oc2ccc3c4ccccc4n(-c4cc(C(C)(C)C)ccn4)c3c2)cc([N+]2=C=[N+](c3c(-c4ccccc4)cccc3-c3cc(F)cc(F)c3)c3ccccc32)c1. The Bertz CT molecular complexity index is 3670. The van der Waals surface area contributed by atoms with Gasteiger partial charge in [0.1, 0.15) is 29.0 Å². The van der Waals surface area contributed by atoms with Crippen LogP contribution in [0.1, 0.15) is 51.7 Å². The lowest BCUT2D eigenvalue weighted by molar-refractivity contribution is 0.483. The van der Waals surface area contributed by atoms with Crippen molar-refractivity contribution in [3.8, 4) is 50.7 Å². The normalized spacial score (nSPS) is 12.4. The number of nitrogens with zero attached hydrogens (tertiary/aromatic N) is 4. The van der Waals surface area contributed by atoms with Gasteiger partial charge in [0.2, 0.25) is 11.4 Å². The number of aromatic nitrogens is 2. The molecule has 0 N–H and O–H groups in total. The Morgan fingerprint density at radius 1 is 0.544 bits per heavy atom. The third kappa shape index (κ3) is 7.67. The number of hydrogen-bond donors (Lipinski definition) is 0. The maximum absolute atomic E-state index is 15.0. The summed E-state index contributed by atoms with van der Waals surface area (Å²) in [5, 5.41) is 2.24. The maximum atomic E-state index is 15.0. The van der Waals surface area contributed by atoms with E-state index in [9.17, 15) is 0 Å². The highest BCUT2D eigenvalue weighted by atomic mass is 19.1. The minimum absolute atomic E-state index is 0.0579. The van der Waals surface area contributed by atoms with E-state index in [1.807, 2.05) is 77.5 Å². The fourth-order valence-electron chi connectivity index (χ4n) is 9.59. The molecule has 68 heavy (non-hydrogen) atoms. The molecule has 0 amide bonds. The predicted octanol–water partition coefficient (Wildman–Crippen LogP) is 16.5. The molecule has 0 spiro atoms. The number of para-hydroxylation sites is 4. The lowest BCUT2D eigenvalue weighted by Crippen LogP contribution is -2.12. The summed E-state index contributed by atoms with van der Waals surface area (Å²) in [6, 6.07) is 65.3. The standard InChI is InChI=1S/C61H48F2N4O/c1-39(2)49-18-9-10-19-50(49)42-32-46(36-48(33-42)68-47-26-27-54-53-20-11-12-23-55(53)67(58(54)37-47)59-34-43(28-29-64-59)61(3,4)5)65-38-66(57-25-14-13-24-56(57)65)60-51(40-16-7-6-8-17-40)21-15-22-52(60)41-30-44(62)35-45(63)31-41/h6-37,39H,1-5H3/q+2. The number of rotatable bonds is 9. The fourth-order valence-corrected chi connectivity index (χ4v) is 9.59. The Hall–Kier alpha value is -8.25. The van der Waals surface area contributed by atoms with Gasteiger partial charge in [-0.15, -0.1) is 0 Å². The van der Waals surface area contributed by atoms with Crippen molar-refractivity contribution in [1.29, 1.82) is 0 Å². The second kappa shape index (κ2) is 16.9. The first-order valence-electron chi connectivity index (χ1n) is 23.0.